The van der Waals surface area contributed by atoms with Crippen LogP contribution in [0.25, 0.3) is 11.1 Å². The van der Waals surface area contributed by atoms with E-state index in [1.165, 1.54) is 33.4 Å². The largest absolute Gasteiger partial charge is 0.493 e. The summed E-state index contributed by atoms with van der Waals surface area (Å²) in [6.07, 6.45) is 9.05. The maximum absolute atomic E-state index is 10.0. The molecule has 2 saturated carbocycles. The minimum Gasteiger partial charge on any atom is -0.493 e. The lowest BCUT2D eigenvalue weighted by atomic mass is 9.94. The summed E-state index contributed by atoms with van der Waals surface area (Å²) in [4.78, 5) is 9.18. The van der Waals surface area contributed by atoms with Crippen LogP contribution in [0.5, 0.6) is 5.75 Å². The number of carbonyl (C=O) groups is 1. The lowest BCUT2D eigenvalue weighted by Crippen LogP contribution is -2.12. The molecule has 0 spiro atoms. The van der Waals surface area contributed by atoms with E-state index in [2.05, 4.69) is 87.6 Å². The molecule has 1 unspecified atom stereocenters. The lowest BCUT2D eigenvalue weighted by molar-refractivity contribution is -0.128. The van der Waals surface area contributed by atoms with E-state index in [0.717, 1.165) is 42.8 Å². The third kappa shape index (κ3) is 9.14. The van der Waals surface area contributed by atoms with Crippen molar-refractivity contribution in [3.63, 3.8) is 0 Å². The molecule has 1 atom stereocenters. The molecule has 5 heteroatoms. The van der Waals surface area contributed by atoms with Gasteiger partial charge in [0.25, 0.3) is 6.47 Å². The van der Waals surface area contributed by atoms with Gasteiger partial charge in [-0.05, 0) is 123 Å². The average Bonchev–Trinajstić information content (AvgIpc) is 3.52. The third-order valence-electron chi connectivity index (χ3n) is 7.28. The summed E-state index contributed by atoms with van der Waals surface area (Å²) in [6, 6.07) is 12.7. The normalized spacial score (nSPS) is 19.3. The summed E-state index contributed by atoms with van der Waals surface area (Å²) in [5.74, 6) is 2.28. The summed E-state index contributed by atoms with van der Waals surface area (Å²) in [6.45, 7) is 16.5. The Labute approximate surface area is 234 Å². The molecule has 0 amide bonds. The van der Waals surface area contributed by atoms with Gasteiger partial charge >= 0.3 is 0 Å². The van der Waals surface area contributed by atoms with E-state index >= 15 is 0 Å². The molecule has 2 aromatic rings. The molecule has 0 heterocycles. The standard InChI is InChI=1S/C31H38O3.C3H6O2/c1-6-26-14-21(2)15-28(26)18-24(5)34-20-25-8-7-9-27(19-25)30-22(3)16-29(17-23(30)4)33-13-12-31(32)10-11-31;1-2-5-3-4/h6-9,16-19,21,32H,5,10-15,20H2,1-4H3;3H,2H2,1H3/b26-6-,28-18-;. The first-order valence-electron chi connectivity index (χ1n) is 14.0. The first-order valence-corrected chi connectivity index (χ1v) is 14.0. The highest BCUT2D eigenvalue weighted by molar-refractivity contribution is 5.72. The van der Waals surface area contributed by atoms with Crippen LogP contribution in [-0.4, -0.2) is 30.4 Å². The summed E-state index contributed by atoms with van der Waals surface area (Å²) in [5, 5.41) is 10.0. The molecule has 0 radical (unpaired) electrons. The third-order valence-corrected chi connectivity index (χ3v) is 7.28. The predicted molar refractivity (Wildman–Crippen MR) is 158 cm³/mol. The molecule has 5 nitrogen and oxygen atoms in total. The monoisotopic (exact) mass is 532 g/mol. The van der Waals surface area contributed by atoms with Gasteiger partial charge in [-0.3, -0.25) is 4.79 Å². The lowest BCUT2D eigenvalue weighted by Gasteiger charge is -2.16. The van der Waals surface area contributed by atoms with Crippen LogP contribution in [-0.2, 0) is 20.9 Å². The number of allylic oxidation sites excluding steroid dienone is 4. The Morgan fingerprint density at radius 2 is 1.82 bits per heavy atom. The first kappa shape index (κ1) is 30.2. The van der Waals surface area contributed by atoms with Crippen LogP contribution in [0.4, 0.5) is 0 Å². The number of aliphatic hydroxyl groups is 1. The summed E-state index contributed by atoms with van der Waals surface area (Å²) >= 11 is 0. The Bertz CT molecular complexity index is 1180. The number of benzene rings is 2. The van der Waals surface area contributed by atoms with Gasteiger partial charge in [0.1, 0.15) is 18.1 Å². The van der Waals surface area contributed by atoms with Gasteiger partial charge in [-0.15, -0.1) is 0 Å². The molecule has 210 valence electrons. The minimum absolute atomic E-state index is 0.431. The van der Waals surface area contributed by atoms with Crippen molar-refractivity contribution in [3.8, 4) is 16.9 Å². The van der Waals surface area contributed by atoms with Crippen LogP contribution in [0.1, 0.15) is 69.6 Å². The molecular weight excluding hydrogens is 488 g/mol. The van der Waals surface area contributed by atoms with Crippen LogP contribution in [0, 0.1) is 19.8 Å². The highest BCUT2D eigenvalue weighted by Crippen LogP contribution is 2.39. The molecule has 4 rings (SSSR count). The fourth-order valence-electron chi connectivity index (χ4n) is 5.05. The SMILES string of the molecule is C=C(/C=C1/CC(C)C/C1=C/C)OCc1cccc(-c2c(C)cc(OCCC3(O)CC3)cc2C)c1.CCOC=O. The van der Waals surface area contributed by atoms with Gasteiger partial charge in [-0.1, -0.05) is 37.8 Å². The van der Waals surface area contributed by atoms with Crippen LogP contribution < -0.4 is 4.74 Å². The quantitative estimate of drug-likeness (QED) is 0.236. The average molecular weight is 533 g/mol. The van der Waals surface area contributed by atoms with Crippen molar-refractivity contribution in [2.24, 2.45) is 5.92 Å². The predicted octanol–water partition coefficient (Wildman–Crippen LogP) is 7.78. The topological polar surface area (TPSA) is 65.0 Å². The second-order valence-electron chi connectivity index (χ2n) is 10.8. The Hall–Kier alpha value is -3.31. The van der Waals surface area contributed by atoms with Gasteiger partial charge in [-0.2, -0.15) is 0 Å². The zero-order valence-electron chi connectivity index (χ0n) is 24.2. The Kier molecular flexibility index (Phi) is 11.0. The smallest absolute Gasteiger partial charge is 0.293 e. The number of aryl methyl sites for hydroxylation is 2. The van der Waals surface area contributed by atoms with Crippen LogP contribution in [0.15, 0.2) is 72.0 Å². The number of hydrogen-bond acceptors (Lipinski definition) is 5. The molecule has 2 aromatic carbocycles. The van der Waals surface area contributed by atoms with Crippen molar-refractivity contribution in [1.82, 2.24) is 0 Å². The molecule has 2 aliphatic carbocycles. The molecule has 0 bridgehead atoms. The molecule has 2 fully saturated rings. The Morgan fingerprint density at radius 3 is 2.41 bits per heavy atom. The van der Waals surface area contributed by atoms with Gasteiger partial charge in [0.15, 0.2) is 0 Å². The van der Waals surface area contributed by atoms with Crippen molar-refractivity contribution < 1.29 is 24.1 Å². The van der Waals surface area contributed by atoms with E-state index in [0.29, 0.717) is 38.6 Å². The van der Waals surface area contributed by atoms with E-state index in [9.17, 15) is 9.90 Å². The maximum Gasteiger partial charge on any atom is 0.293 e. The summed E-state index contributed by atoms with van der Waals surface area (Å²) in [5.41, 5.74) is 8.20. The van der Waals surface area contributed by atoms with E-state index in [4.69, 9.17) is 9.47 Å². The van der Waals surface area contributed by atoms with Gasteiger partial charge in [0.2, 0.25) is 0 Å². The summed E-state index contributed by atoms with van der Waals surface area (Å²) < 4.78 is 16.1. The summed E-state index contributed by atoms with van der Waals surface area (Å²) in [7, 11) is 0. The number of carbonyl (C=O) groups excluding carboxylic acids is 1. The Balaban J connectivity index is 0.000000771. The highest BCUT2D eigenvalue weighted by Gasteiger charge is 2.39. The number of ether oxygens (including phenoxy) is 3. The van der Waals surface area contributed by atoms with Crippen LogP contribution in [0.2, 0.25) is 0 Å². The van der Waals surface area contributed by atoms with Crippen molar-refractivity contribution in [3.05, 3.63) is 88.7 Å². The molecular formula is C34H44O5. The Morgan fingerprint density at radius 1 is 1.13 bits per heavy atom. The molecule has 1 N–H and O–H groups in total. The van der Waals surface area contributed by atoms with Crippen molar-refractivity contribution >= 4 is 6.47 Å². The number of rotatable bonds is 11. The maximum atomic E-state index is 10.0. The second kappa shape index (κ2) is 14.2. The number of hydrogen-bond donors (Lipinski definition) is 1. The van der Waals surface area contributed by atoms with Crippen LogP contribution in [0.3, 0.4) is 0 Å². The molecule has 0 saturated heterocycles. The van der Waals surface area contributed by atoms with E-state index in [1.54, 1.807) is 6.92 Å². The van der Waals surface area contributed by atoms with Crippen LogP contribution >= 0.6 is 0 Å². The second-order valence-corrected chi connectivity index (χ2v) is 10.8. The van der Waals surface area contributed by atoms with E-state index in [1.807, 2.05) is 0 Å². The zero-order chi connectivity index (χ0) is 28.4. The van der Waals surface area contributed by atoms with Gasteiger partial charge in [0, 0.05) is 6.42 Å². The minimum atomic E-state index is -0.473. The fourth-order valence-corrected chi connectivity index (χ4v) is 5.05. The molecule has 2 aliphatic rings. The zero-order valence-corrected chi connectivity index (χ0v) is 24.2. The molecule has 0 aliphatic heterocycles. The molecule has 0 aromatic heterocycles. The van der Waals surface area contributed by atoms with Gasteiger partial charge in [-0.25, -0.2) is 0 Å². The van der Waals surface area contributed by atoms with Gasteiger partial charge < -0.3 is 19.3 Å². The van der Waals surface area contributed by atoms with E-state index in [-0.39, 0.29) is 0 Å². The van der Waals surface area contributed by atoms with Crippen molar-refractivity contribution in [2.75, 3.05) is 13.2 Å². The fraction of sp³-hybridized carbons (Fsp3) is 0.441. The molecule has 39 heavy (non-hydrogen) atoms. The van der Waals surface area contributed by atoms with Crippen molar-refractivity contribution in [2.45, 2.75) is 78.9 Å². The van der Waals surface area contributed by atoms with Gasteiger partial charge in [0.05, 0.1) is 18.8 Å². The van der Waals surface area contributed by atoms with E-state index < -0.39 is 5.60 Å². The first-order chi connectivity index (χ1) is 18.7. The van der Waals surface area contributed by atoms with Crippen molar-refractivity contribution in [1.29, 1.82) is 0 Å². The highest BCUT2D eigenvalue weighted by atomic mass is 16.5.